The van der Waals surface area contributed by atoms with Crippen LogP contribution in [0.4, 0.5) is 8.78 Å². The van der Waals surface area contributed by atoms with Crippen LogP contribution >= 0.6 is 23.4 Å². The Morgan fingerprint density at radius 3 is 2.68 bits per heavy atom. The summed E-state index contributed by atoms with van der Waals surface area (Å²) >= 11 is 7.16. The Labute approximate surface area is 168 Å². The Balaban J connectivity index is 1.94. The number of benzene rings is 2. The molecule has 1 unspecified atom stereocenters. The van der Waals surface area contributed by atoms with Crippen molar-refractivity contribution in [2.75, 3.05) is 0 Å². The minimum Gasteiger partial charge on any atom is -0.298 e. The molecule has 0 radical (unpaired) electrons. The Bertz CT molecular complexity index is 1150. The van der Waals surface area contributed by atoms with Crippen LogP contribution in [0, 0.1) is 11.6 Å². The van der Waals surface area contributed by atoms with Gasteiger partial charge >= 0.3 is 0 Å². The summed E-state index contributed by atoms with van der Waals surface area (Å²) in [6, 6.07) is 7.66. The minimum absolute atomic E-state index is 0.0906. The van der Waals surface area contributed by atoms with Gasteiger partial charge in [0.25, 0.3) is 5.56 Å². The lowest BCUT2D eigenvalue weighted by atomic mass is 9.99. The number of fused-ring (bicyclic) bond motifs is 1. The maximum absolute atomic E-state index is 14.5. The monoisotopic (exact) mass is 420 g/mol. The average molecular weight is 421 g/mol. The molecule has 2 aromatic carbocycles. The van der Waals surface area contributed by atoms with Gasteiger partial charge < -0.3 is 0 Å². The van der Waals surface area contributed by atoms with E-state index in [9.17, 15) is 18.4 Å². The van der Waals surface area contributed by atoms with Gasteiger partial charge in [0.2, 0.25) is 0 Å². The number of aromatic nitrogens is 2. The summed E-state index contributed by atoms with van der Waals surface area (Å²) in [4.78, 5) is 29.9. The predicted octanol–water partition coefficient (Wildman–Crippen LogP) is 4.92. The van der Waals surface area contributed by atoms with Crippen LogP contribution in [0.5, 0.6) is 0 Å². The highest BCUT2D eigenvalue weighted by Gasteiger charge is 2.26. The molecule has 0 bridgehead atoms. The summed E-state index contributed by atoms with van der Waals surface area (Å²) in [5.41, 5.74) is -0.241. The average Bonchev–Trinajstić information content (AvgIpc) is 2.66. The van der Waals surface area contributed by atoms with Gasteiger partial charge in [-0.3, -0.25) is 14.2 Å². The lowest BCUT2D eigenvalue weighted by Crippen LogP contribution is -2.26. The second-order valence-corrected chi connectivity index (χ2v) is 8.22. The third-order valence-corrected chi connectivity index (χ3v) is 6.20. The Kier molecular flexibility index (Phi) is 5.21. The van der Waals surface area contributed by atoms with E-state index in [4.69, 9.17) is 11.6 Å². The number of carbonyl (C=O) groups is 1. The van der Waals surface area contributed by atoms with Crippen molar-refractivity contribution in [2.24, 2.45) is 0 Å². The summed E-state index contributed by atoms with van der Waals surface area (Å²) < 4.78 is 29.0. The molecule has 0 saturated heterocycles. The number of Topliss-reactive ketones (excluding diaryl/α,β-unsaturated/α-hetero) is 1. The number of halogens is 3. The lowest BCUT2D eigenvalue weighted by molar-refractivity contribution is -0.119. The van der Waals surface area contributed by atoms with Gasteiger partial charge in [0.05, 0.1) is 21.8 Å². The number of hydrogen-bond acceptors (Lipinski definition) is 4. The van der Waals surface area contributed by atoms with Crippen LogP contribution in [-0.2, 0) is 4.79 Å². The Morgan fingerprint density at radius 1 is 1.11 bits per heavy atom. The molecule has 8 heteroatoms. The molecule has 1 aromatic heterocycles. The number of rotatable bonds is 3. The van der Waals surface area contributed by atoms with Gasteiger partial charge in [-0.2, -0.15) is 0 Å². The van der Waals surface area contributed by atoms with Gasteiger partial charge in [0.1, 0.15) is 17.4 Å². The summed E-state index contributed by atoms with van der Waals surface area (Å²) in [5.74, 6) is -1.54. The van der Waals surface area contributed by atoms with Crippen molar-refractivity contribution >= 4 is 40.0 Å². The molecule has 28 heavy (non-hydrogen) atoms. The SMILES string of the molecule is O=C1CCCCC1Sc1nc2ccc(Cl)cc2c(=O)n1-c1ccc(F)cc1F. The zero-order valence-corrected chi connectivity index (χ0v) is 16.2. The van der Waals surface area contributed by atoms with Crippen molar-refractivity contribution in [3.63, 3.8) is 0 Å². The number of nitrogens with zero attached hydrogens (tertiary/aromatic N) is 2. The van der Waals surface area contributed by atoms with Crippen LogP contribution in [0.2, 0.25) is 5.02 Å². The van der Waals surface area contributed by atoms with Crippen molar-refractivity contribution in [2.45, 2.75) is 36.1 Å². The van der Waals surface area contributed by atoms with Crippen LogP contribution < -0.4 is 5.56 Å². The molecule has 1 aliphatic rings. The molecule has 1 aliphatic carbocycles. The highest BCUT2D eigenvalue weighted by molar-refractivity contribution is 8.00. The number of hydrogen-bond donors (Lipinski definition) is 0. The molecule has 1 heterocycles. The highest BCUT2D eigenvalue weighted by Crippen LogP contribution is 2.32. The summed E-state index contributed by atoms with van der Waals surface area (Å²) in [7, 11) is 0. The number of carbonyl (C=O) groups excluding carboxylic acids is 1. The maximum atomic E-state index is 14.5. The van der Waals surface area contributed by atoms with E-state index in [-0.39, 0.29) is 27.3 Å². The molecule has 1 fully saturated rings. The Hall–Kier alpha value is -2.25. The third-order valence-electron chi connectivity index (χ3n) is 4.70. The van der Waals surface area contributed by atoms with E-state index in [1.807, 2.05) is 0 Å². The molecule has 4 rings (SSSR count). The zero-order valence-electron chi connectivity index (χ0n) is 14.6. The van der Waals surface area contributed by atoms with Crippen molar-refractivity contribution in [3.8, 4) is 5.69 Å². The topological polar surface area (TPSA) is 52.0 Å². The first-order chi connectivity index (χ1) is 13.4. The van der Waals surface area contributed by atoms with Crippen molar-refractivity contribution in [3.05, 3.63) is 63.4 Å². The van der Waals surface area contributed by atoms with Crippen LogP contribution in [0.3, 0.4) is 0 Å². The van der Waals surface area contributed by atoms with Crippen molar-refractivity contribution in [1.29, 1.82) is 0 Å². The molecule has 3 aromatic rings. The highest BCUT2D eigenvalue weighted by atomic mass is 35.5. The van der Waals surface area contributed by atoms with Gasteiger partial charge in [-0.1, -0.05) is 29.8 Å². The molecular weight excluding hydrogens is 406 g/mol. The lowest BCUT2D eigenvalue weighted by Gasteiger charge is -2.21. The van der Waals surface area contributed by atoms with E-state index < -0.39 is 17.2 Å². The maximum Gasteiger partial charge on any atom is 0.266 e. The van der Waals surface area contributed by atoms with Crippen LogP contribution in [0.15, 0.2) is 46.3 Å². The van der Waals surface area contributed by atoms with Gasteiger partial charge in [-0.15, -0.1) is 0 Å². The number of ketones is 1. The van der Waals surface area contributed by atoms with E-state index in [2.05, 4.69) is 4.98 Å². The third kappa shape index (κ3) is 3.56. The van der Waals surface area contributed by atoms with E-state index in [1.165, 1.54) is 12.1 Å². The van der Waals surface area contributed by atoms with E-state index in [0.29, 0.717) is 29.4 Å². The molecule has 0 spiro atoms. The van der Waals surface area contributed by atoms with Crippen molar-refractivity contribution in [1.82, 2.24) is 9.55 Å². The van der Waals surface area contributed by atoms with Gasteiger partial charge in [0, 0.05) is 17.5 Å². The van der Waals surface area contributed by atoms with Crippen LogP contribution in [0.1, 0.15) is 25.7 Å². The largest absolute Gasteiger partial charge is 0.298 e. The van der Waals surface area contributed by atoms with E-state index in [0.717, 1.165) is 35.2 Å². The van der Waals surface area contributed by atoms with Gasteiger partial charge in [-0.05, 0) is 43.2 Å². The molecule has 0 aliphatic heterocycles. The molecule has 1 saturated carbocycles. The van der Waals surface area contributed by atoms with E-state index >= 15 is 0 Å². The smallest absolute Gasteiger partial charge is 0.266 e. The standard InChI is InChI=1S/C20H15ClF2N2O2S/c21-11-5-7-15-13(9-11)19(27)25(16-8-6-12(22)10-14(16)23)20(24-15)28-18-4-2-1-3-17(18)26/h5-10,18H,1-4H2. The first kappa shape index (κ1) is 19.1. The fraction of sp³-hybridized carbons (Fsp3) is 0.250. The van der Waals surface area contributed by atoms with Crippen molar-refractivity contribution < 1.29 is 13.6 Å². The zero-order chi connectivity index (χ0) is 19.8. The quantitative estimate of drug-likeness (QED) is 0.564. The molecular formula is C20H15ClF2N2O2S. The Morgan fingerprint density at radius 2 is 1.93 bits per heavy atom. The first-order valence-electron chi connectivity index (χ1n) is 8.81. The predicted molar refractivity (Wildman–Crippen MR) is 105 cm³/mol. The fourth-order valence-corrected chi connectivity index (χ4v) is 4.69. The summed E-state index contributed by atoms with van der Waals surface area (Å²) in [6.45, 7) is 0. The van der Waals surface area contributed by atoms with Crippen LogP contribution in [0.25, 0.3) is 16.6 Å². The molecule has 1 atom stereocenters. The molecule has 4 nitrogen and oxygen atoms in total. The molecule has 144 valence electrons. The second-order valence-electron chi connectivity index (χ2n) is 6.61. The normalized spacial score (nSPS) is 17.2. The second kappa shape index (κ2) is 7.64. The fourth-order valence-electron chi connectivity index (χ4n) is 3.29. The van der Waals surface area contributed by atoms with E-state index in [1.54, 1.807) is 12.1 Å². The summed E-state index contributed by atoms with van der Waals surface area (Å²) in [5, 5.41) is 0.418. The molecule has 0 amide bonds. The van der Waals surface area contributed by atoms with Gasteiger partial charge in [-0.25, -0.2) is 13.8 Å². The first-order valence-corrected chi connectivity index (χ1v) is 10.1. The van der Waals surface area contributed by atoms with Gasteiger partial charge in [0.15, 0.2) is 5.16 Å². The molecule has 0 N–H and O–H groups in total. The summed E-state index contributed by atoms with van der Waals surface area (Å²) in [6.07, 6.45) is 2.90. The van der Waals surface area contributed by atoms with Crippen LogP contribution in [-0.4, -0.2) is 20.6 Å². The number of thioether (sulfide) groups is 1. The minimum atomic E-state index is -0.887.